The maximum Gasteiger partial charge on any atom is 0.338 e. The van der Waals surface area contributed by atoms with Crippen molar-refractivity contribution in [1.29, 1.82) is 0 Å². The SMILES string of the molecule is O=C(OCc1ccccc1)[C@H]1O[C@H](F)[C@H](OCc2ccccc2)[C@@H](OCc2ccccc2)[C@@H]1OCc1ccccc1. The highest BCUT2D eigenvalue weighted by Gasteiger charge is 2.52. The number of benzene rings is 4. The standard InChI is InChI=1S/C34H33FO6/c35-33-31(39-23-27-17-9-3-10-18-27)29(37-21-25-13-5-1-6-14-25)30(38-22-26-15-7-2-8-16-26)32(41-33)34(36)40-24-28-19-11-4-12-20-28/h1-20,29-33H,21-24H2/t29-,30-,31+,32-,33-/m0/s1. The van der Waals surface area contributed by atoms with Gasteiger partial charge >= 0.3 is 5.97 Å². The van der Waals surface area contributed by atoms with Crippen LogP contribution in [0.1, 0.15) is 22.3 Å². The summed E-state index contributed by atoms with van der Waals surface area (Å²) < 4.78 is 45.6. The summed E-state index contributed by atoms with van der Waals surface area (Å²) in [7, 11) is 0. The fourth-order valence-corrected chi connectivity index (χ4v) is 4.65. The van der Waals surface area contributed by atoms with Gasteiger partial charge in [0.15, 0.2) is 6.10 Å². The summed E-state index contributed by atoms with van der Waals surface area (Å²) in [5, 5.41) is 0. The van der Waals surface area contributed by atoms with Crippen molar-refractivity contribution in [1.82, 2.24) is 0 Å². The minimum atomic E-state index is -1.95. The van der Waals surface area contributed by atoms with E-state index in [0.29, 0.717) is 0 Å². The number of rotatable bonds is 12. The molecule has 0 aliphatic carbocycles. The Hall–Kier alpha value is -3.88. The second kappa shape index (κ2) is 14.7. The molecule has 0 radical (unpaired) electrons. The van der Waals surface area contributed by atoms with E-state index in [1.54, 1.807) is 0 Å². The predicted molar refractivity (Wildman–Crippen MR) is 151 cm³/mol. The molecule has 41 heavy (non-hydrogen) atoms. The maximum atomic E-state index is 15.7. The Morgan fingerprint density at radius 3 is 1.34 bits per heavy atom. The van der Waals surface area contributed by atoms with E-state index in [4.69, 9.17) is 23.7 Å². The van der Waals surface area contributed by atoms with Crippen molar-refractivity contribution in [3.05, 3.63) is 144 Å². The minimum Gasteiger partial charge on any atom is -0.459 e. The lowest BCUT2D eigenvalue weighted by atomic mass is 9.98. The van der Waals surface area contributed by atoms with Crippen LogP contribution in [0.25, 0.3) is 0 Å². The van der Waals surface area contributed by atoms with Crippen molar-refractivity contribution in [3.8, 4) is 0 Å². The van der Waals surface area contributed by atoms with Crippen molar-refractivity contribution in [2.75, 3.05) is 0 Å². The first-order valence-electron chi connectivity index (χ1n) is 13.6. The van der Waals surface area contributed by atoms with E-state index in [1.807, 2.05) is 121 Å². The van der Waals surface area contributed by atoms with Gasteiger partial charge in [0.05, 0.1) is 19.8 Å². The molecule has 1 aliphatic rings. The molecule has 1 aliphatic heterocycles. The summed E-state index contributed by atoms with van der Waals surface area (Å²) in [6, 6.07) is 37.8. The zero-order valence-corrected chi connectivity index (χ0v) is 22.6. The fraction of sp³-hybridized carbons (Fsp3) is 0.265. The third kappa shape index (κ3) is 8.08. The van der Waals surface area contributed by atoms with Crippen LogP contribution < -0.4 is 0 Å². The molecule has 0 spiro atoms. The first-order chi connectivity index (χ1) is 20.2. The number of hydrogen-bond donors (Lipinski definition) is 0. The number of hydrogen-bond acceptors (Lipinski definition) is 6. The molecule has 1 saturated heterocycles. The third-order valence-corrected chi connectivity index (χ3v) is 6.79. The van der Waals surface area contributed by atoms with E-state index in [9.17, 15) is 4.79 Å². The molecule has 0 unspecified atom stereocenters. The molecular formula is C34H33FO6. The Bertz CT molecular complexity index is 1320. The van der Waals surface area contributed by atoms with Crippen LogP contribution in [-0.2, 0) is 54.9 Å². The Kier molecular flexibility index (Phi) is 10.2. The molecule has 0 N–H and O–H groups in total. The highest BCUT2D eigenvalue weighted by molar-refractivity contribution is 5.76. The summed E-state index contributed by atoms with van der Waals surface area (Å²) in [6.07, 6.45) is -6.45. The van der Waals surface area contributed by atoms with E-state index in [0.717, 1.165) is 22.3 Å². The zero-order chi connectivity index (χ0) is 28.3. The van der Waals surface area contributed by atoms with Gasteiger partial charge in [0.25, 0.3) is 0 Å². The quantitative estimate of drug-likeness (QED) is 0.194. The van der Waals surface area contributed by atoms with Crippen LogP contribution in [0.5, 0.6) is 0 Å². The molecule has 0 aromatic heterocycles. The maximum absolute atomic E-state index is 15.7. The minimum absolute atomic E-state index is 0.0192. The van der Waals surface area contributed by atoms with Crippen molar-refractivity contribution in [2.45, 2.75) is 57.2 Å². The largest absolute Gasteiger partial charge is 0.459 e. The Morgan fingerprint density at radius 1 is 0.537 bits per heavy atom. The molecule has 5 rings (SSSR count). The Morgan fingerprint density at radius 2 is 0.902 bits per heavy atom. The van der Waals surface area contributed by atoms with Gasteiger partial charge in [-0.3, -0.25) is 0 Å². The van der Waals surface area contributed by atoms with Gasteiger partial charge in [0.1, 0.15) is 24.9 Å². The number of carbonyl (C=O) groups is 1. The van der Waals surface area contributed by atoms with Crippen LogP contribution in [-0.4, -0.2) is 36.7 Å². The summed E-state index contributed by atoms with van der Waals surface area (Å²) in [5.41, 5.74) is 3.44. The van der Waals surface area contributed by atoms with Gasteiger partial charge in [-0.15, -0.1) is 0 Å². The molecule has 4 aromatic carbocycles. The number of carbonyl (C=O) groups excluding carboxylic acids is 1. The first kappa shape index (κ1) is 28.6. The Balaban J connectivity index is 1.40. The van der Waals surface area contributed by atoms with Crippen LogP contribution in [0.2, 0.25) is 0 Å². The van der Waals surface area contributed by atoms with Crippen molar-refractivity contribution < 1.29 is 32.9 Å². The van der Waals surface area contributed by atoms with E-state index >= 15 is 4.39 Å². The van der Waals surface area contributed by atoms with Crippen LogP contribution in [0, 0.1) is 0 Å². The number of halogens is 1. The number of alkyl halides is 1. The third-order valence-electron chi connectivity index (χ3n) is 6.79. The lowest BCUT2D eigenvalue weighted by molar-refractivity contribution is -0.291. The van der Waals surface area contributed by atoms with E-state index < -0.39 is 36.7 Å². The molecule has 0 amide bonds. The molecule has 212 valence electrons. The van der Waals surface area contributed by atoms with Crippen molar-refractivity contribution in [2.24, 2.45) is 0 Å². The van der Waals surface area contributed by atoms with Gasteiger partial charge in [-0.05, 0) is 22.3 Å². The van der Waals surface area contributed by atoms with Gasteiger partial charge < -0.3 is 23.7 Å². The van der Waals surface area contributed by atoms with Crippen LogP contribution >= 0.6 is 0 Å². The molecule has 5 atom stereocenters. The topological polar surface area (TPSA) is 63.2 Å². The van der Waals surface area contributed by atoms with E-state index in [1.165, 1.54) is 0 Å². The van der Waals surface area contributed by atoms with Crippen molar-refractivity contribution >= 4 is 5.97 Å². The zero-order valence-electron chi connectivity index (χ0n) is 22.6. The molecule has 4 aromatic rings. The van der Waals surface area contributed by atoms with E-state index in [2.05, 4.69) is 0 Å². The van der Waals surface area contributed by atoms with Gasteiger partial charge in [0.2, 0.25) is 6.36 Å². The molecule has 6 nitrogen and oxygen atoms in total. The first-order valence-corrected chi connectivity index (χ1v) is 13.6. The summed E-state index contributed by atoms with van der Waals surface area (Å²) in [6.45, 7) is 0.478. The average molecular weight is 557 g/mol. The second-order valence-corrected chi connectivity index (χ2v) is 9.78. The lowest BCUT2D eigenvalue weighted by Crippen LogP contribution is -2.61. The summed E-state index contributed by atoms with van der Waals surface area (Å²) in [4.78, 5) is 13.4. The molecule has 0 saturated carbocycles. The van der Waals surface area contributed by atoms with Gasteiger partial charge in [-0.2, -0.15) is 0 Å². The average Bonchev–Trinajstić information content (AvgIpc) is 3.03. The number of ether oxygens (including phenoxy) is 5. The molecular weight excluding hydrogens is 523 g/mol. The number of esters is 1. The van der Waals surface area contributed by atoms with E-state index in [-0.39, 0.29) is 26.4 Å². The summed E-state index contributed by atoms with van der Waals surface area (Å²) in [5.74, 6) is -0.732. The van der Waals surface area contributed by atoms with Crippen molar-refractivity contribution in [3.63, 3.8) is 0 Å². The fourth-order valence-electron chi connectivity index (χ4n) is 4.65. The molecule has 7 heteroatoms. The monoisotopic (exact) mass is 556 g/mol. The van der Waals surface area contributed by atoms with Gasteiger partial charge in [-0.25, -0.2) is 9.18 Å². The Labute approximate surface area is 239 Å². The predicted octanol–water partition coefficient (Wildman–Crippen LogP) is 6.18. The second-order valence-electron chi connectivity index (χ2n) is 9.78. The van der Waals surface area contributed by atoms with Crippen LogP contribution in [0.15, 0.2) is 121 Å². The summed E-state index contributed by atoms with van der Waals surface area (Å²) >= 11 is 0. The molecule has 0 bridgehead atoms. The molecule has 1 heterocycles. The van der Waals surface area contributed by atoms with Crippen LogP contribution in [0.3, 0.4) is 0 Å². The van der Waals surface area contributed by atoms with Gasteiger partial charge in [0, 0.05) is 0 Å². The highest BCUT2D eigenvalue weighted by Crippen LogP contribution is 2.32. The normalized spacial score (nSPS) is 22.2. The van der Waals surface area contributed by atoms with Crippen LogP contribution in [0.4, 0.5) is 4.39 Å². The highest BCUT2D eigenvalue weighted by atomic mass is 19.1. The lowest BCUT2D eigenvalue weighted by Gasteiger charge is -2.42. The smallest absolute Gasteiger partial charge is 0.338 e. The molecule has 1 fully saturated rings. The van der Waals surface area contributed by atoms with Gasteiger partial charge in [-0.1, -0.05) is 121 Å².